The van der Waals surface area contributed by atoms with Crippen LogP contribution in [0.1, 0.15) is 66.7 Å². The van der Waals surface area contributed by atoms with Crippen LogP contribution in [0.2, 0.25) is 0 Å². The zero-order valence-corrected chi connectivity index (χ0v) is 13.0. The van der Waals surface area contributed by atoms with E-state index in [0.717, 1.165) is 25.7 Å². The Morgan fingerprint density at radius 3 is 2.26 bits per heavy atom. The number of ketones is 1. The van der Waals surface area contributed by atoms with Gasteiger partial charge in [-0.05, 0) is 30.6 Å². The van der Waals surface area contributed by atoms with Gasteiger partial charge in [0.2, 0.25) is 0 Å². The molecule has 0 radical (unpaired) electrons. The molecule has 2 unspecified atom stereocenters. The second-order valence-electron chi connectivity index (χ2n) is 6.61. The minimum atomic E-state index is -0.182. The highest BCUT2D eigenvalue weighted by atomic mass is 16.5. The van der Waals surface area contributed by atoms with E-state index in [1.807, 2.05) is 0 Å². The summed E-state index contributed by atoms with van der Waals surface area (Å²) in [4.78, 5) is 21.7. The summed E-state index contributed by atoms with van der Waals surface area (Å²) in [7, 11) is 0. The molecule has 0 aliphatic heterocycles. The molecule has 0 aromatic rings. The van der Waals surface area contributed by atoms with Gasteiger partial charge in [-0.15, -0.1) is 0 Å². The smallest absolute Gasteiger partial charge is 0.302 e. The summed E-state index contributed by atoms with van der Waals surface area (Å²) < 4.78 is 4.64. The summed E-state index contributed by atoms with van der Waals surface area (Å²) in [6.45, 7) is 10.7. The number of hydrogen-bond donors (Lipinski definition) is 0. The molecule has 0 saturated heterocycles. The van der Waals surface area contributed by atoms with Gasteiger partial charge in [0.15, 0.2) is 0 Å². The normalized spacial score (nSPS) is 30.8. The molecule has 0 amide bonds. The molecule has 2 atom stereocenters. The molecule has 19 heavy (non-hydrogen) atoms. The molecule has 110 valence electrons. The van der Waals surface area contributed by atoms with Crippen molar-refractivity contribution in [3.8, 4) is 0 Å². The van der Waals surface area contributed by atoms with Crippen LogP contribution >= 0.6 is 0 Å². The maximum atomic E-state index is 11.6. The third-order valence-corrected chi connectivity index (χ3v) is 5.29. The molecule has 2 aliphatic carbocycles. The number of carbonyl (C=O) groups excluding carboxylic acids is 2. The number of Topliss-reactive ketones (excluding diaryl/α,β-unsaturated/α-hetero) is 1. The van der Waals surface area contributed by atoms with Gasteiger partial charge >= 0.3 is 5.97 Å². The topological polar surface area (TPSA) is 43.4 Å². The van der Waals surface area contributed by atoms with Crippen LogP contribution < -0.4 is 0 Å². The van der Waals surface area contributed by atoms with E-state index in [0.29, 0.717) is 18.3 Å². The van der Waals surface area contributed by atoms with Crippen molar-refractivity contribution in [3.05, 3.63) is 0 Å². The second kappa shape index (κ2) is 6.06. The van der Waals surface area contributed by atoms with Gasteiger partial charge in [-0.1, -0.05) is 34.1 Å². The number of rotatable bonds is 3. The lowest BCUT2D eigenvalue weighted by Gasteiger charge is -2.32. The summed E-state index contributed by atoms with van der Waals surface area (Å²) in [5.74, 6) is 1.01. The molecule has 0 heterocycles. The van der Waals surface area contributed by atoms with Gasteiger partial charge in [-0.3, -0.25) is 9.59 Å². The highest BCUT2D eigenvalue weighted by Gasteiger charge is 2.61. The van der Waals surface area contributed by atoms with Crippen LogP contribution in [0.25, 0.3) is 0 Å². The van der Waals surface area contributed by atoms with E-state index in [-0.39, 0.29) is 16.8 Å². The van der Waals surface area contributed by atoms with Crippen molar-refractivity contribution in [2.75, 3.05) is 6.61 Å². The average Bonchev–Trinajstić information content (AvgIpc) is 2.63. The molecular weight excluding hydrogens is 240 g/mol. The Kier molecular flexibility index (Phi) is 5.17. The van der Waals surface area contributed by atoms with Crippen molar-refractivity contribution in [2.45, 2.75) is 66.7 Å². The monoisotopic (exact) mass is 268 g/mol. The van der Waals surface area contributed by atoms with Gasteiger partial charge in [0.05, 0.1) is 6.61 Å². The number of ether oxygens (including phenoxy) is 1. The molecule has 3 heteroatoms. The van der Waals surface area contributed by atoms with Crippen LogP contribution in [0, 0.1) is 16.7 Å². The van der Waals surface area contributed by atoms with Gasteiger partial charge in [0, 0.05) is 18.8 Å². The molecule has 2 bridgehead atoms. The largest absolute Gasteiger partial charge is 0.466 e. The minimum absolute atomic E-state index is 0.0255. The van der Waals surface area contributed by atoms with Crippen LogP contribution in [-0.4, -0.2) is 18.4 Å². The zero-order chi connectivity index (χ0) is 14.7. The average molecular weight is 268 g/mol. The van der Waals surface area contributed by atoms with E-state index < -0.39 is 0 Å². The minimum Gasteiger partial charge on any atom is -0.466 e. The third kappa shape index (κ3) is 3.18. The van der Waals surface area contributed by atoms with E-state index in [1.165, 1.54) is 13.3 Å². The van der Waals surface area contributed by atoms with Gasteiger partial charge in [-0.25, -0.2) is 0 Å². The SMILES string of the molecule is CC12CCC(CC1=O)C2(C)C.CCCCOC(C)=O. The predicted octanol–water partition coefficient (Wildman–Crippen LogP) is 3.75. The fourth-order valence-electron chi connectivity index (χ4n) is 3.26. The first-order valence-corrected chi connectivity index (χ1v) is 7.42. The van der Waals surface area contributed by atoms with Gasteiger partial charge in [-0.2, -0.15) is 0 Å². The maximum absolute atomic E-state index is 11.6. The van der Waals surface area contributed by atoms with E-state index in [9.17, 15) is 9.59 Å². The molecular formula is C16H28O3. The van der Waals surface area contributed by atoms with Gasteiger partial charge in [0.1, 0.15) is 5.78 Å². The highest BCUT2D eigenvalue weighted by molar-refractivity contribution is 5.89. The van der Waals surface area contributed by atoms with Crippen molar-refractivity contribution >= 4 is 11.8 Å². The fraction of sp³-hybridized carbons (Fsp3) is 0.875. The number of esters is 1. The second-order valence-corrected chi connectivity index (χ2v) is 6.61. The number of hydrogen-bond acceptors (Lipinski definition) is 3. The van der Waals surface area contributed by atoms with E-state index in [1.54, 1.807) is 0 Å². The first-order valence-electron chi connectivity index (χ1n) is 7.42. The lowest BCUT2D eigenvalue weighted by molar-refractivity contribution is -0.141. The van der Waals surface area contributed by atoms with E-state index >= 15 is 0 Å². The number of carbonyl (C=O) groups is 2. The first kappa shape index (κ1) is 16.2. The van der Waals surface area contributed by atoms with Crippen LogP contribution in [0.4, 0.5) is 0 Å². The Morgan fingerprint density at radius 2 is 2.00 bits per heavy atom. The van der Waals surface area contributed by atoms with Crippen molar-refractivity contribution in [1.82, 2.24) is 0 Å². The molecule has 2 fully saturated rings. The molecule has 0 aromatic carbocycles. The summed E-state index contributed by atoms with van der Waals surface area (Å²) in [5, 5.41) is 0. The lowest BCUT2D eigenvalue weighted by atomic mass is 9.70. The van der Waals surface area contributed by atoms with Crippen LogP contribution in [-0.2, 0) is 14.3 Å². The zero-order valence-electron chi connectivity index (χ0n) is 13.0. The molecule has 2 rings (SSSR count). The molecule has 3 nitrogen and oxygen atoms in total. The lowest BCUT2D eigenvalue weighted by Crippen LogP contribution is -2.32. The Hall–Kier alpha value is -0.860. The van der Waals surface area contributed by atoms with Gasteiger partial charge in [0.25, 0.3) is 0 Å². The fourth-order valence-corrected chi connectivity index (χ4v) is 3.26. The number of fused-ring (bicyclic) bond motifs is 2. The van der Waals surface area contributed by atoms with Crippen molar-refractivity contribution in [2.24, 2.45) is 16.7 Å². The van der Waals surface area contributed by atoms with E-state index in [4.69, 9.17) is 0 Å². The Bertz CT molecular complexity index is 346. The Labute approximate surface area is 117 Å². The summed E-state index contributed by atoms with van der Waals surface area (Å²) in [5.41, 5.74) is 0.307. The molecule has 2 saturated carbocycles. The third-order valence-electron chi connectivity index (χ3n) is 5.29. The first-order chi connectivity index (χ1) is 8.75. The summed E-state index contributed by atoms with van der Waals surface area (Å²) in [6, 6.07) is 0. The Morgan fingerprint density at radius 1 is 1.37 bits per heavy atom. The van der Waals surface area contributed by atoms with Crippen LogP contribution in [0.15, 0.2) is 0 Å². The van der Waals surface area contributed by atoms with Crippen molar-refractivity contribution in [1.29, 1.82) is 0 Å². The highest BCUT2D eigenvalue weighted by Crippen LogP contribution is 2.63. The molecule has 2 aliphatic rings. The predicted molar refractivity (Wildman–Crippen MR) is 75.8 cm³/mol. The maximum Gasteiger partial charge on any atom is 0.302 e. The van der Waals surface area contributed by atoms with Crippen molar-refractivity contribution in [3.63, 3.8) is 0 Å². The van der Waals surface area contributed by atoms with Crippen LogP contribution in [0.5, 0.6) is 0 Å². The van der Waals surface area contributed by atoms with Crippen molar-refractivity contribution < 1.29 is 14.3 Å². The van der Waals surface area contributed by atoms with Gasteiger partial charge < -0.3 is 4.74 Å². The molecule has 0 N–H and O–H groups in total. The van der Waals surface area contributed by atoms with E-state index in [2.05, 4.69) is 32.4 Å². The number of unbranched alkanes of at least 4 members (excludes halogenated alkanes) is 1. The Balaban J connectivity index is 0.000000203. The molecule has 0 aromatic heterocycles. The molecule has 0 spiro atoms. The summed E-state index contributed by atoms with van der Waals surface area (Å²) >= 11 is 0. The van der Waals surface area contributed by atoms with Crippen LogP contribution in [0.3, 0.4) is 0 Å². The quantitative estimate of drug-likeness (QED) is 0.578. The standard InChI is InChI=1S/C10H16O.C6H12O2/c1-9(2)7-4-5-10(9,3)8(11)6-7;1-3-4-5-8-6(2)7/h7H,4-6H2,1-3H3;3-5H2,1-2H3. The summed E-state index contributed by atoms with van der Waals surface area (Å²) in [6.07, 6.45) is 5.30.